The normalized spacial score (nSPS) is 13.4. The number of likely N-dealkylation sites (N-methyl/N-ethyl adjacent to an activating group) is 1. The molecule has 0 bridgehead atoms. The van der Waals surface area contributed by atoms with E-state index >= 15 is 0 Å². The molecule has 4 nitrogen and oxygen atoms in total. The zero-order valence-corrected chi connectivity index (χ0v) is 10.8. The molecular weight excluding hydrogens is 226 g/mol. The van der Waals surface area contributed by atoms with Gasteiger partial charge in [-0.2, -0.15) is 5.26 Å². The topological polar surface area (TPSA) is 70.1 Å². The molecule has 2 unspecified atom stereocenters. The van der Waals surface area contributed by atoms with E-state index in [9.17, 15) is 4.79 Å². The van der Waals surface area contributed by atoms with Gasteiger partial charge >= 0.3 is 0 Å². The summed E-state index contributed by atoms with van der Waals surface area (Å²) in [7, 11) is 0. The fraction of sp³-hybridized carbons (Fsp3) is 0.429. The predicted molar refractivity (Wildman–Crippen MR) is 70.4 cm³/mol. The molecule has 0 aromatic heterocycles. The van der Waals surface area contributed by atoms with E-state index in [2.05, 4.69) is 6.07 Å². The Morgan fingerprint density at radius 1 is 1.44 bits per heavy atom. The molecule has 0 aliphatic rings. The molecule has 0 saturated heterocycles. The van der Waals surface area contributed by atoms with Gasteiger partial charge in [0.05, 0.1) is 12.0 Å². The second kappa shape index (κ2) is 6.77. The van der Waals surface area contributed by atoms with Crippen LogP contribution in [0.25, 0.3) is 0 Å². The molecule has 4 heteroatoms. The standard InChI is InChI=1S/C14H19N3O/c1-3-17(10-11(2)9-15)14(18)13(16)12-7-5-4-6-8-12/h4-8,11,13H,3,10,16H2,1-2H3. The Balaban J connectivity index is 2.76. The molecule has 0 aliphatic carbocycles. The van der Waals surface area contributed by atoms with Crippen LogP contribution in [0.1, 0.15) is 25.5 Å². The minimum atomic E-state index is -0.656. The van der Waals surface area contributed by atoms with Crippen molar-refractivity contribution in [3.8, 4) is 6.07 Å². The van der Waals surface area contributed by atoms with Crippen LogP contribution in [0.2, 0.25) is 0 Å². The van der Waals surface area contributed by atoms with Crippen LogP contribution in [0.15, 0.2) is 30.3 Å². The van der Waals surface area contributed by atoms with Crippen molar-refractivity contribution >= 4 is 5.91 Å². The number of benzene rings is 1. The predicted octanol–water partition coefficient (Wildman–Crippen LogP) is 1.69. The number of amides is 1. The number of nitrogens with two attached hydrogens (primary N) is 1. The van der Waals surface area contributed by atoms with E-state index in [0.29, 0.717) is 13.1 Å². The molecule has 18 heavy (non-hydrogen) atoms. The Kier molecular flexibility index (Phi) is 5.34. The lowest BCUT2D eigenvalue weighted by Crippen LogP contribution is -2.40. The third-order valence-corrected chi connectivity index (χ3v) is 2.83. The molecule has 1 amide bonds. The number of nitriles is 1. The summed E-state index contributed by atoms with van der Waals surface area (Å²) in [5.74, 6) is -0.317. The van der Waals surface area contributed by atoms with Gasteiger partial charge in [0.1, 0.15) is 6.04 Å². The van der Waals surface area contributed by atoms with Crippen molar-refractivity contribution < 1.29 is 4.79 Å². The minimum Gasteiger partial charge on any atom is -0.340 e. The van der Waals surface area contributed by atoms with E-state index in [1.807, 2.05) is 37.3 Å². The first-order valence-electron chi connectivity index (χ1n) is 6.09. The third kappa shape index (κ3) is 3.57. The van der Waals surface area contributed by atoms with Crippen LogP contribution in [0.3, 0.4) is 0 Å². The number of nitrogens with zero attached hydrogens (tertiary/aromatic N) is 2. The van der Waals surface area contributed by atoms with Gasteiger partial charge in [-0.15, -0.1) is 0 Å². The largest absolute Gasteiger partial charge is 0.340 e. The van der Waals surface area contributed by atoms with Gasteiger partial charge in [0.25, 0.3) is 0 Å². The van der Waals surface area contributed by atoms with Gasteiger partial charge in [0.2, 0.25) is 5.91 Å². The molecule has 0 spiro atoms. The summed E-state index contributed by atoms with van der Waals surface area (Å²) in [5.41, 5.74) is 6.75. The summed E-state index contributed by atoms with van der Waals surface area (Å²) in [5, 5.41) is 8.80. The van der Waals surface area contributed by atoms with Crippen LogP contribution in [0, 0.1) is 17.2 Å². The highest BCUT2D eigenvalue weighted by molar-refractivity contribution is 5.83. The van der Waals surface area contributed by atoms with Crippen LogP contribution >= 0.6 is 0 Å². The van der Waals surface area contributed by atoms with Crippen LogP contribution in [-0.2, 0) is 4.79 Å². The van der Waals surface area contributed by atoms with E-state index < -0.39 is 6.04 Å². The molecule has 1 aromatic rings. The number of rotatable bonds is 5. The highest BCUT2D eigenvalue weighted by Crippen LogP contribution is 2.13. The van der Waals surface area contributed by atoms with Crippen molar-refractivity contribution in [2.24, 2.45) is 11.7 Å². The summed E-state index contributed by atoms with van der Waals surface area (Å²) < 4.78 is 0. The molecule has 0 fully saturated rings. The van der Waals surface area contributed by atoms with Gasteiger partial charge in [-0.05, 0) is 19.4 Å². The maximum Gasteiger partial charge on any atom is 0.244 e. The van der Waals surface area contributed by atoms with E-state index in [-0.39, 0.29) is 11.8 Å². The summed E-state index contributed by atoms with van der Waals surface area (Å²) in [4.78, 5) is 13.8. The van der Waals surface area contributed by atoms with Crippen molar-refractivity contribution in [1.29, 1.82) is 5.26 Å². The molecule has 0 aliphatic heterocycles. The van der Waals surface area contributed by atoms with Crippen molar-refractivity contribution in [3.05, 3.63) is 35.9 Å². The first-order valence-corrected chi connectivity index (χ1v) is 6.09. The van der Waals surface area contributed by atoms with Crippen LogP contribution < -0.4 is 5.73 Å². The first-order chi connectivity index (χ1) is 8.60. The average Bonchev–Trinajstić information content (AvgIpc) is 2.43. The van der Waals surface area contributed by atoms with Gasteiger partial charge in [-0.25, -0.2) is 0 Å². The second-order valence-electron chi connectivity index (χ2n) is 4.30. The highest BCUT2D eigenvalue weighted by Gasteiger charge is 2.22. The summed E-state index contributed by atoms with van der Waals surface area (Å²) in [6, 6.07) is 10.7. The number of hydrogen-bond acceptors (Lipinski definition) is 3. The van der Waals surface area contributed by atoms with Crippen LogP contribution in [0.5, 0.6) is 0 Å². The van der Waals surface area contributed by atoms with Gasteiger partial charge in [0.15, 0.2) is 0 Å². The molecule has 1 aromatic carbocycles. The molecule has 0 radical (unpaired) electrons. The summed E-state index contributed by atoms with van der Waals surface area (Å²) in [6.07, 6.45) is 0. The molecule has 0 saturated carbocycles. The lowest BCUT2D eigenvalue weighted by Gasteiger charge is -2.25. The Morgan fingerprint density at radius 3 is 2.56 bits per heavy atom. The molecule has 0 heterocycles. The lowest BCUT2D eigenvalue weighted by molar-refractivity contribution is -0.132. The Hall–Kier alpha value is -1.86. The second-order valence-corrected chi connectivity index (χ2v) is 4.30. The number of carbonyl (C=O) groups is 1. The fourth-order valence-corrected chi connectivity index (χ4v) is 1.75. The van der Waals surface area contributed by atoms with Gasteiger partial charge in [-0.3, -0.25) is 4.79 Å². The van der Waals surface area contributed by atoms with Gasteiger partial charge < -0.3 is 10.6 Å². The van der Waals surface area contributed by atoms with Crippen molar-refractivity contribution in [2.75, 3.05) is 13.1 Å². The highest BCUT2D eigenvalue weighted by atomic mass is 16.2. The monoisotopic (exact) mass is 245 g/mol. The molecule has 2 atom stereocenters. The fourth-order valence-electron chi connectivity index (χ4n) is 1.75. The molecule has 96 valence electrons. The molecule has 2 N–H and O–H groups in total. The maximum atomic E-state index is 12.2. The van der Waals surface area contributed by atoms with E-state index in [4.69, 9.17) is 11.0 Å². The van der Waals surface area contributed by atoms with Gasteiger partial charge in [0, 0.05) is 13.1 Å². The quantitative estimate of drug-likeness (QED) is 0.858. The first kappa shape index (κ1) is 14.2. The van der Waals surface area contributed by atoms with Crippen molar-refractivity contribution in [1.82, 2.24) is 4.90 Å². The van der Waals surface area contributed by atoms with Crippen LogP contribution in [-0.4, -0.2) is 23.9 Å². The number of hydrogen-bond donors (Lipinski definition) is 1. The lowest BCUT2D eigenvalue weighted by atomic mass is 10.1. The molecular formula is C14H19N3O. The third-order valence-electron chi connectivity index (χ3n) is 2.83. The molecule has 1 rings (SSSR count). The zero-order chi connectivity index (χ0) is 13.5. The summed E-state index contributed by atoms with van der Waals surface area (Å²) >= 11 is 0. The average molecular weight is 245 g/mol. The Labute approximate surface area is 108 Å². The zero-order valence-electron chi connectivity index (χ0n) is 10.8. The maximum absolute atomic E-state index is 12.2. The van der Waals surface area contributed by atoms with Crippen molar-refractivity contribution in [3.63, 3.8) is 0 Å². The Morgan fingerprint density at radius 2 is 2.06 bits per heavy atom. The van der Waals surface area contributed by atoms with Crippen molar-refractivity contribution in [2.45, 2.75) is 19.9 Å². The van der Waals surface area contributed by atoms with E-state index in [0.717, 1.165) is 5.56 Å². The van der Waals surface area contributed by atoms with E-state index in [1.165, 1.54) is 0 Å². The van der Waals surface area contributed by atoms with Gasteiger partial charge in [-0.1, -0.05) is 30.3 Å². The SMILES string of the molecule is CCN(CC(C)C#N)C(=O)C(N)c1ccccc1. The van der Waals surface area contributed by atoms with Crippen LogP contribution in [0.4, 0.5) is 0 Å². The summed E-state index contributed by atoms with van der Waals surface area (Å²) in [6.45, 7) is 4.67. The number of carbonyl (C=O) groups excluding carboxylic acids is 1. The minimum absolute atomic E-state index is 0.134. The Bertz CT molecular complexity index is 424. The smallest absolute Gasteiger partial charge is 0.244 e. The van der Waals surface area contributed by atoms with E-state index in [1.54, 1.807) is 11.8 Å².